The van der Waals surface area contributed by atoms with E-state index in [4.69, 9.17) is 10.5 Å². The molecule has 0 N–H and O–H groups in total. The highest BCUT2D eigenvalue weighted by Crippen LogP contribution is 2.01. The third-order valence-corrected chi connectivity index (χ3v) is 1.12. The van der Waals surface area contributed by atoms with Crippen molar-refractivity contribution in [3.63, 3.8) is 0 Å². The minimum atomic E-state index is 0. The van der Waals surface area contributed by atoms with Crippen LogP contribution in [-0.4, -0.2) is 0 Å². The van der Waals surface area contributed by atoms with Crippen LogP contribution in [0.2, 0.25) is 0 Å². The van der Waals surface area contributed by atoms with Crippen LogP contribution >= 0.6 is 13.5 Å². The zero-order valence-corrected chi connectivity index (χ0v) is 6.70. The molecule has 0 radical (unpaired) electrons. The third-order valence-electron chi connectivity index (χ3n) is 1.12. The molecule has 0 aliphatic heterocycles. The van der Waals surface area contributed by atoms with Crippen molar-refractivity contribution in [2.45, 2.75) is 0 Å². The molecule has 0 saturated carbocycles. The summed E-state index contributed by atoms with van der Waals surface area (Å²) in [5, 5.41) is 16.8. The lowest BCUT2D eigenvalue weighted by Gasteiger charge is -1.86. The van der Waals surface area contributed by atoms with Crippen LogP contribution in [0.15, 0.2) is 24.3 Å². The van der Waals surface area contributed by atoms with Gasteiger partial charge in [-0.1, -0.05) is 6.07 Å². The molecule has 0 aromatic heterocycles. The number of rotatable bonds is 0. The maximum absolute atomic E-state index is 8.40. The number of hydrogen-bond acceptors (Lipinski definition) is 2. The predicted octanol–water partition coefficient (Wildman–Crippen LogP) is 1.54. The summed E-state index contributed by atoms with van der Waals surface area (Å²) in [6.45, 7) is 0. The van der Waals surface area contributed by atoms with Crippen molar-refractivity contribution in [2.75, 3.05) is 0 Å². The van der Waals surface area contributed by atoms with Crippen LogP contribution in [0.1, 0.15) is 11.1 Å². The lowest BCUT2D eigenvalue weighted by atomic mass is 10.2. The molecule has 0 aliphatic carbocycles. The average Bonchev–Trinajstić information content (AvgIpc) is 2.05. The topological polar surface area (TPSA) is 47.6 Å². The Morgan fingerprint density at radius 3 is 1.82 bits per heavy atom. The molecule has 1 aromatic carbocycles. The largest absolute Gasteiger partial charge is 0.197 e. The van der Waals surface area contributed by atoms with E-state index in [0.717, 1.165) is 0 Å². The van der Waals surface area contributed by atoms with Crippen molar-refractivity contribution >= 4 is 13.5 Å². The fraction of sp³-hybridized carbons (Fsp3) is 0. The molecule has 0 fully saturated rings. The summed E-state index contributed by atoms with van der Waals surface area (Å²) in [5.41, 5.74) is 1.05. The fourth-order valence-corrected chi connectivity index (χ4v) is 0.658. The summed E-state index contributed by atoms with van der Waals surface area (Å²) in [6, 6.07) is 10.5. The van der Waals surface area contributed by atoms with Crippen molar-refractivity contribution in [1.82, 2.24) is 0 Å². The van der Waals surface area contributed by atoms with Gasteiger partial charge in [0.15, 0.2) is 0 Å². The molecular weight excluding hydrogens is 156 g/mol. The summed E-state index contributed by atoms with van der Waals surface area (Å²) in [7, 11) is 0. The molecule has 0 saturated heterocycles. The van der Waals surface area contributed by atoms with Gasteiger partial charge < -0.3 is 0 Å². The molecule has 11 heavy (non-hydrogen) atoms. The number of benzene rings is 1. The van der Waals surface area contributed by atoms with Crippen LogP contribution in [0.5, 0.6) is 0 Å². The van der Waals surface area contributed by atoms with Crippen LogP contribution in [-0.2, 0) is 0 Å². The van der Waals surface area contributed by atoms with E-state index in [0.29, 0.717) is 11.1 Å². The highest BCUT2D eigenvalue weighted by atomic mass is 32.1. The Kier molecular flexibility index (Phi) is 3.80. The van der Waals surface area contributed by atoms with Gasteiger partial charge in [-0.2, -0.15) is 24.0 Å². The summed E-state index contributed by atoms with van der Waals surface area (Å²) in [5.74, 6) is 0. The molecule has 1 rings (SSSR count). The molecule has 54 valence electrons. The van der Waals surface area contributed by atoms with Crippen molar-refractivity contribution in [3.05, 3.63) is 35.4 Å². The molecule has 0 bridgehead atoms. The first-order valence-corrected chi connectivity index (χ1v) is 2.77. The van der Waals surface area contributed by atoms with E-state index in [1.807, 2.05) is 12.1 Å². The monoisotopic (exact) mass is 162 g/mol. The first-order valence-electron chi connectivity index (χ1n) is 2.77. The van der Waals surface area contributed by atoms with Gasteiger partial charge in [0.1, 0.15) is 0 Å². The Hall–Kier alpha value is -1.45. The molecule has 0 unspecified atom stereocenters. The Bertz CT molecular complexity index is 290. The van der Waals surface area contributed by atoms with Crippen molar-refractivity contribution < 1.29 is 0 Å². The quantitative estimate of drug-likeness (QED) is 0.581. The van der Waals surface area contributed by atoms with Gasteiger partial charge in [0, 0.05) is 0 Å². The second-order valence-corrected chi connectivity index (χ2v) is 1.80. The highest BCUT2D eigenvalue weighted by Gasteiger charge is 1.90. The minimum absolute atomic E-state index is 0. The van der Waals surface area contributed by atoms with Crippen molar-refractivity contribution in [3.8, 4) is 12.1 Å². The Labute approximate surface area is 72.1 Å². The minimum Gasteiger partial charge on any atom is -0.197 e. The van der Waals surface area contributed by atoms with Gasteiger partial charge in [-0.15, -0.1) is 0 Å². The Balaban J connectivity index is 0.000001000. The summed E-state index contributed by atoms with van der Waals surface area (Å²) in [6.07, 6.45) is 0. The van der Waals surface area contributed by atoms with E-state index in [1.54, 1.807) is 24.3 Å². The molecule has 0 spiro atoms. The highest BCUT2D eigenvalue weighted by molar-refractivity contribution is 7.59. The Morgan fingerprint density at radius 2 is 1.45 bits per heavy atom. The normalized spacial score (nSPS) is 7.09. The van der Waals surface area contributed by atoms with E-state index in [9.17, 15) is 0 Å². The summed E-state index contributed by atoms with van der Waals surface area (Å²) < 4.78 is 0. The van der Waals surface area contributed by atoms with Crippen LogP contribution in [0, 0.1) is 22.7 Å². The third kappa shape index (κ3) is 2.33. The molecule has 2 nitrogen and oxygen atoms in total. The van der Waals surface area contributed by atoms with E-state index < -0.39 is 0 Å². The van der Waals surface area contributed by atoms with Crippen LogP contribution in [0.4, 0.5) is 0 Å². The molecule has 0 amide bonds. The van der Waals surface area contributed by atoms with Crippen LogP contribution < -0.4 is 0 Å². The lowest BCUT2D eigenvalue weighted by Crippen LogP contribution is -1.75. The molecule has 0 aliphatic rings. The first-order chi connectivity index (χ1) is 4.86. The average molecular weight is 162 g/mol. The maximum atomic E-state index is 8.40. The van der Waals surface area contributed by atoms with Crippen molar-refractivity contribution in [1.29, 1.82) is 10.5 Å². The summed E-state index contributed by atoms with van der Waals surface area (Å²) in [4.78, 5) is 0. The fourth-order valence-electron chi connectivity index (χ4n) is 0.658. The van der Waals surface area contributed by atoms with Crippen LogP contribution in [0.25, 0.3) is 0 Å². The number of hydrogen-bond donors (Lipinski definition) is 0. The van der Waals surface area contributed by atoms with Gasteiger partial charge >= 0.3 is 0 Å². The molecule has 3 heteroatoms. The Morgan fingerprint density at radius 1 is 1.00 bits per heavy atom. The van der Waals surface area contributed by atoms with Gasteiger partial charge in [-0.3, -0.25) is 0 Å². The van der Waals surface area contributed by atoms with E-state index in [-0.39, 0.29) is 13.5 Å². The molecular formula is C8H6N2S. The SMILES string of the molecule is N#Cc1cccc(C#N)c1.S. The van der Waals surface area contributed by atoms with E-state index in [2.05, 4.69) is 0 Å². The smallest absolute Gasteiger partial charge is 0.0992 e. The number of nitrogens with zero attached hydrogens (tertiary/aromatic N) is 2. The first kappa shape index (κ1) is 9.55. The lowest BCUT2D eigenvalue weighted by molar-refractivity contribution is 1.45. The van der Waals surface area contributed by atoms with Gasteiger partial charge in [0.05, 0.1) is 23.3 Å². The van der Waals surface area contributed by atoms with Crippen LogP contribution in [0.3, 0.4) is 0 Å². The molecule has 1 aromatic rings. The number of nitriles is 2. The zero-order chi connectivity index (χ0) is 7.40. The standard InChI is InChI=1S/C8H4N2.H2S/c9-5-7-2-1-3-8(4-7)6-10;/h1-4H;1H2. The maximum Gasteiger partial charge on any atom is 0.0992 e. The van der Waals surface area contributed by atoms with Gasteiger partial charge in [-0.25, -0.2) is 0 Å². The van der Waals surface area contributed by atoms with Gasteiger partial charge in [0.2, 0.25) is 0 Å². The van der Waals surface area contributed by atoms with E-state index >= 15 is 0 Å². The second-order valence-electron chi connectivity index (χ2n) is 1.80. The van der Waals surface area contributed by atoms with Crippen molar-refractivity contribution in [2.24, 2.45) is 0 Å². The second kappa shape index (κ2) is 4.38. The van der Waals surface area contributed by atoms with E-state index in [1.165, 1.54) is 0 Å². The van der Waals surface area contributed by atoms with Gasteiger partial charge in [0.25, 0.3) is 0 Å². The summed E-state index contributed by atoms with van der Waals surface area (Å²) >= 11 is 0. The molecule has 0 atom stereocenters. The predicted molar refractivity (Wildman–Crippen MR) is 46.3 cm³/mol. The molecule has 0 heterocycles. The zero-order valence-electron chi connectivity index (χ0n) is 5.70. The van der Waals surface area contributed by atoms with Gasteiger partial charge in [-0.05, 0) is 18.2 Å².